The van der Waals surface area contributed by atoms with Gasteiger partial charge < -0.3 is 10.3 Å². The Morgan fingerprint density at radius 2 is 2.00 bits per heavy atom. The van der Waals surface area contributed by atoms with E-state index in [-0.39, 0.29) is 11.4 Å². The number of aryl methyl sites for hydroxylation is 1. The van der Waals surface area contributed by atoms with Gasteiger partial charge in [0, 0.05) is 34.6 Å². The molecular weight excluding hydrogens is 501 g/mol. The minimum Gasteiger partial charge on any atom is -0.337 e. The number of nitrogens with zero attached hydrogens (tertiary/aromatic N) is 4. The second-order valence-electron chi connectivity index (χ2n) is 9.12. The van der Waals surface area contributed by atoms with E-state index in [2.05, 4.69) is 43.5 Å². The number of unbranched alkanes of at least 4 members (excludes halogenated alkanes) is 1. The van der Waals surface area contributed by atoms with Gasteiger partial charge in [-0.15, -0.1) is 11.3 Å². The number of amides is 1. The summed E-state index contributed by atoms with van der Waals surface area (Å²) >= 11 is 1.66. The number of carbonyl (C=O) groups excluding carboxylic acids is 1. The molecule has 8 nitrogen and oxygen atoms in total. The van der Waals surface area contributed by atoms with Crippen LogP contribution >= 0.6 is 11.3 Å². The average molecular weight is 526 g/mol. The quantitative estimate of drug-likeness (QED) is 0.211. The SMILES string of the molecule is CCCCC(=O)Nc1cncc(-c2cc(F)c3n[nH]c(-c4nc5c(-c6ccc(C)s6)nccc5[nH]4)c3c2)c1. The molecule has 0 saturated heterocycles. The molecule has 10 heteroatoms. The first-order valence-corrected chi connectivity index (χ1v) is 13.2. The van der Waals surface area contributed by atoms with E-state index in [0.29, 0.717) is 40.1 Å². The summed E-state index contributed by atoms with van der Waals surface area (Å²) in [5.41, 5.74) is 5.00. The van der Waals surface area contributed by atoms with E-state index >= 15 is 4.39 Å². The topological polar surface area (TPSA) is 112 Å². The smallest absolute Gasteiger partial charge is 0.224 e. The molecule has 0 aliphatic heterocycles. The summed E-state index contributed by atoms with van der Waals surface area (Å²) in [7, 11) is 0. The molecule has 0 bridgehead atoms. The lowest BCUT2D eigenvalue weighted by Gasteiger charge is -2.08. The van der Waals surface area contributed by atoms with E-state index in [0.717, 1.165) is 34.4 Å². The molecule has 0 fully saturated rings. The van der Waals surface area contributed by atoms with Gasteiger partial charge in [0.15, 0.2) is 11.6 Å². The second kappa shape index (κ2) is 9.79. The van der Waals surface area contributed by atoms with Gasteiger partial charge >= 0.3 is 0 Å². The Bertz CT molecular complexity index is 1800. The highest BCUT2D eigenvalue weighted by Crippen LogP contribution is 2.35. The van der Waals surface area contributed by atoms with Crippen LogP contribution in [0.3, 0.4) is 0 Å². The number of halogens is 1. The number of hydrogen-bond acceptors (Lipinski definition) is 6. The molecule has 0 aliphatic rings. The van der Waals surface area contributed by atoms with Gasteiger partial charge in [0.2, 0.25) is 5.91 Å². The largest absolute Gasteiger partial charge is 0.337 e. The van der Waals surface area contributed by atoms with Crippen LogP contribution in [0.5, 0.6) is 0 Å². The fourth-order valence-corrected chi connectivity index (χ4v) is 5.31. The van der Waals surface area contributed by atoms with E-state index < -0.39 is 5.82 Å². The normalized spacial score (nSPS) is 11.4. The number of rotatable bonds is 7. The van der Waals surface area contributed by atoms with Gasteiger partial charge in [-0.05, 0) is 55.3 Å². The molecule has 0 aliphatic carbocycles. The highest BCUT2D eigenvalue weighted by atomic mass is 32.1. The van der Waals surface area contributed by atoms with Crippen LogP contribution in [-0.2, 0) is 4.79 Å². The van der Waals surface area contributed by atoms with Crippen molar-refractivity contribution in [3.05, 3.63) is 65.7 Å². The maximum Gasteiger partial charge on any atom is 0.224 e. The van der Waals surface area contributed by atoms with Crippen molar-refractivity contribution < 1.29 is 9.18 Å². The summed E-state index contributed by atoms with van der Waals surface area (Å²) in [6.45, 7) is 4.09. The number of anilines is 1. The number of imidazole rings is 1. The molecule has 0 atom stereocenters. The number of aromatic nitrogens is 6. The molecular formula is C28H24FN7OS. The maximum absolute atomic E-state index is 15.2. The zero-order valence-corrected chi connectivity index (χ0v) is 21.6. The van der Waals surface area contributed by atoms with Crippen molar-refractivity contribution in [3.63, 3.8) is 0 Å². The van der Waals surface area contributed by atoms with E-state index in [1.165, 1.54) is 10.9 Å². The van der Waals surface area contributed by atoms with Crippen molar-refractivity contribution in [1.82, 2.24) is 30.1 Å². The van der Waals surface area contributed by atoms with Crippen LogP contribution in [-0.4, -0.2) is 36.0 Å². The average Bonchev–Trinajstić information content (AvgIpc) is 3.65. The third kappa shape index (κ3) is 4.43. The van der Waals surface area contributed by atoms with Crippen molar-refractivity contribution in [2.24, 2.45) is 0 Å². The minimum absolute atomic E-state index is 0.0685. The van der Waals surface area contributed by atoms with E-state index in [1.807, 2.05) is 25.1 Å². The molecule has 38 heavy (non-hydrogen) atoms. The van der Waals surface area contributed by atoms with Crippen molar-refractivity contribution in [1.29, 1.82) is 0 Å². The minimum atomic E-state index is -0.468. The molecule has 3 N–H and O–H groups in total. The highest BCUT2D eigenvalue weighted by molar-refractivity contribution is 7.15. The predicted octanol–water partition coefficient (Wildman–Crippen LogP) is 6.87. The maximum atomic E-state index is 15.2. The Morgan fingerprint density at radius 1 is 1.11 bits per heavy atom. The number of carbonyl (C=O) groups is 1. The van der Waals surface area contributed by atoms with Gasteiger partial charge in [0.05, 0.1) is 22.3 Å². The van der Waals surface area contributed by atoms with Gasteiger partial charge in [0.25, 0.3) is 0 Å². The molecule has 0 radical (unpaired) electrons. The monoisotopic (exact) mass is 525 g/mol. The van der Waals surface area contributed by atoms with Crippen molar-refractivity contribution in [3.8, 4) is 33.2 Å². The number of fused-ring (bicyclic) bond motifs is 2. The standard InChI is InChI=1S/C28H24FN7OS/c1-3-4-5-23(37)32-18-10-17(13-30-14-18)16-11-19-24(20(29)12-16)35-36-25(19)28-33-21-8-9-31-27(26(21)34-28)22-7-6-15(2)38-22/h6-14H,3-5H2,1-2H3,(H,32,37)(H,33,34)(H,35,36). The van der Waals surface area contributed by atoms with Gasteiger partial charge in [-0.1, -0.05) is 13.3 Å². The first-order valence-electron chi connectivity index (χ1n) is 12.3. The molecule has 1 amide bonds. The van der Waals surface area contributed by atoms with Crippen molar-refractivity contribution in [2.45, 2.75) is 33.1 Å². The van der Waals surface area contributed by atoms with E-state index in [9.17, 15) is 4.79 Å². The number of benzene rings is 1. The summed E-state index contributed by atoms with van der Waals surface area (Å²) in [5.74, 6) is 0.00237. The van der Waals surface area contributed by atoms with Crippen LogP contribution in [0.2, 0.25) is 0 Å². The molecule has 0 spiro atoms. The van der Waals surface area contributed by atoms with E-state index in [1.54, 1.807) is 36.0 Å². The highest BCUT2D eigenvalue weighted by Gasteiger charge is 2.19. The lowest BCUT2D eigenvalue weighted by Crippen LogP contribution is -2.11. The second-order valence-corrected chi connectivity index (χ2v) is 10.4. The molecule has 5 aromatic heterocycles. The Hall–Kier alpha value is -4.44. The van der Waals surface area contributed by atoms with Crippen LogP contribution in [0, 0.1) is 12.7 Å². The molecule has 6 rings (SSSR count). The molecule has 190 valence electrons. The third-order valence-corrected chi connectivity index (χ3v) is 7.34. The summed E-state index contributed by atoms with van der Waals surface area (Å²) in [5, 5.41) is 10.6. The fourth-order valence-electron chi connectivity index (χ4n) is 4.45. The number of pyridine rings is 2. The third-order valence-electron chi connectivity index (χ3n) is 6.34. The van der Waals surface area contributed by atoms with Crippen LogP contribution < -0.4 is 5.32 Å². The van der Waals surface area contributed by atoms with Crippen molar-refractivity contribution in [2.75, 3.05) is 5.32 Å². The molecule has 6 aromatic rings. The lowest BCUT2D eigenvalue weighted by molar-refractivity contribution is -0.116. The molecule has 1 aromatic carbocycles. The number of hydrogen-bond donors (Lipinski definition) is 3. The van der Waals surface area contributed by atoms with Gasteiger partial charge in [-0.2, -0.15) is 5.10 Å². The summed E-state index contributed by atoms with van der Waals surface area (Å²) in [4.78, 5) is 31.4. The zero-order chi connectivity index (χ0) is 26.2. The Morgan fingerprint density at radius 3 is 2.82 bits per heavy atom. The Balaban J connectivity index is 1.40. The molecule has 5 heterocycles. The number of thiophene rings is 1. The van der Waals surface area contributed by atoms with Crippen molar-refractivity contribution >= 4 is 44.9 Å². The predicted molar refractivity (Wildman–Crippen MR) is 148 cm³/mol. The van der Waals surface area contributed by atoms with Crippen LogP contribution in [0.15, 0.2) is 55.0 Å². The van der Waals surface area contributed by atoms with Crippen LogP contribution in [0.1, 0.15) is 31.1 Å². The van der Waals surface area contributed by atoms with Gasteiger partial charge in [-0.25, -0.2) is 9.37 Å². The van der Waals surface area contributed by atoms with Gasteiger partial charge in [-0.3, -0.25) is 19.9 Å². The number of H-pyrrole nitrogens is 2. The summed E-state index contributed by atoms with van der Waals surface area (Å²) in [6.07, 6.45) is 7.18. The van der Waals surface area contributed by atoms with Crippen LogP contribution in [0.25, 0.3) is 55.2 Å². The lowest BCUT2D eigenvalue weighted by atomic mass is 10.0. The van der Waals surface area contributed by atoms with E-state index in [4.69, 9.17) is 4.98 Å². The van der Waals surface area contributed by atoms with Crippen LogP contribution in [0.4, 0.5) is 10.1 Å². The fraction of sp³-hybridized carbons (Fsp3) is 0.179. The number of nitrogens with one attached hydrogen (secondary N) is 3. The zero-order valence-electron chi connectivity index (χ0n) is 20.8. The Labute approximate surface area is 221 Å². The van der Waals surface area contributed by atoms with Gasteiger partial charge in [0.1, 0.15) is 22.4 Å². The molecule has 0 unspecified atom stereocenters. The summed E-state index contributed by atoms with van der Waals surface area (Å²) < 4.78 is 15.2. The first-order chi connectivity index (χ1) is 18.5. The summed E-state index contributed by atoms with van der Waals surface area (Å²) in [6, 6.07) is 11.0. The Kier molecular flexibility index (Phi) is 6.16. The number of aromatic amines is 2. The first kappa shape index (κ1) is 23.9. The molecule has 0 saturated carbocycles.